The number of carbonyl (C=O) groups is 2. The van der Waals surface area contributed by atoms with Crippen LogP contribution in [0.25, 0.3) is 11.0 Å². The highest BCUT2D eigenvalue weighted by atomic mass is 16.6. The second-order valence-corrected chi connectivity index (χ2v) is 12.7. The number of aromatic nitrogens is 2. The summed E-state index contributed by atoms with van der Waals surface area (Å²) in [4.78, 5) is 42.7. The maximum Gasteiger partial charge on any atom is 0.420 e. The largest absolute Gasteiger partial charge is 0.464 e. The van der Waals surface area contributed by atoms with Crippen LogP contribution in [0.2, 0.25) is 0 Å². The third-order valence-corrected chi connectivity index (χ3v) is 8.51. The summed E-state index contributed by atoms with van der Waals surface area (Å²) in [6.45, 7) is 10.8. The van der Waals surface area contributed by atoms with Crippen LogP contribution in [0.4, 0.5) is 9.59 Å². The first kappa shape index (κ1) is 31.1. The molecule has 2 heterocycles. The summed E-state index contributed by atoms with van der Waals surface area (Å²) in [5.41, 5.74) is 3.49. The summed E-state index contributed by atoms with van der Waals surface area (Å²) in [5, 5.41) is 9.87. The minimum Gasteiger partial charge on any atom is -0.464 e. The molecule has 0 spiro atoms. The predicted octanol–water partition coefficient (Wildman–Crippen LogP) is 6.49. The summed E-state index contributed by atoms with van der Waals surface area (Å²) < 4.78 is 8.30. The van der Waals surface area contributed by atoms with Gasteiger partial charge >= 0.3 is 17.9 Å². The van der Waals surface area contributed by atoms with Crippen molar-refractivity contribution in [1.82, 2.24) is 18.9 Å². The lowest BCUT2D eigenvalue weighted by Crippen LogP contribution is -2.43. The van der Waals surface area contributed by atoms with Crippen LogP contribution in [0.5, 0.6) is 0 Å². The van der Waals surface area contributed by atoms with Crippen LogP contribution in [0.3, 0.4) is 0 Å². The van der Waals surface area contributed by atoms with E-state index in [1.165, 1.54) is 11.1 Å². The molecule has 1 fully saturated rings. The smallest absolute Gasteiger partial charge is 0.420 e. The van der Waals surface area contributed by atoms with Crippen LogP contribution >= 0.6 is 0 Å². The van der Waals surface area contributed by atoms with Gasteiger partial charge in [-0.1, -0.05) is 93.6 Å². The number of carboxylic acid groups (broad SMARTS) is 1. The highest BCUT2D eigenvalue weighted by molar-refractivity contribution is 5.88. The van der Waals surface area contributed by atoms with Crippen molar-refractivity contribution in [1.29, 1.82) is 0 Å². The van der Waals surface area contributed by atoms with Crippen LogP contribution in [0.1, 0.15) is 63.3 Å². The molecule has 1 amide bonds. The fourth-order valence-corrected chi connectivity index (χ4v) is 6.10. The van der Waals surface area contributed by atoms with E-state index in [2.05, 4.69) is 56.9 Å². The van der Waals surface area contributed by atoms with Crippen LogP contribution in [0, 0.1) is 0 Å². The Kier molecular flexibility index (Phi) is 9.25. The number of rotatable bonds is 8. The molecule has 0 radical (unpaired) electrons. The number of para-hydroxylation sites is 1. The van der Waals surface area contributed by atoms with E-state index in [4.69, 9.17) is 4.74 Å². The van der Waals surface area contributed by atoms with Crippen molar-refractivity contribution in [2.75, 3.05) is 19.7 Å². The number of piperidine rings is 1. The maximum absolute atomic E-state index is 13.5. The molecule has 1 saturated heterocycles. The molecular weight excluding hydrogens is 556 g/mol. The van der Waals surface area contributed by atoms with Gasteiger partial charge in [-0.05, 0) is 47.9 Å². The average Bonchev–Trinajstić information content (AvgIpc) is 3.31. The van der Waals surface area contributed by atoms with Gasteiger partial charge in [-0.3, -0.25) is 9.47 Å². The third-order valence-electron chi connectivity index (χ3n) is 8.51. The Balaban J connectivity index is 1.26. The zero-order chi connectivity index (χ0) is 31.4. The molecule has 232 valence electrons. The van der Waals surface area contributed by atoms with E-state index < -0.39 is 11.8 Å². The molecule has 0 bridgehead atoms. The summed E-state index contributed by atoms with van der Waals surface area (Å²) in [6.07, 6.45) is -0.620. The van der Waals surface area contributed by atoms with Gasteiger partial charge in [0.2, 0.25) is 0 Å². The molecule has 3 aromatic carbocycles. The standard InChI is InChI=1S/C35H42N4O5/c1-25(37(22-26-12-7-5-8-13-26)23-27-14-9-6-10-15-27)24-44-34(43)36-20-18-28(19-21-36)38-31-29(35(2,3)4)16-11-17-30(31)39(32(38)40)33(41)42/h5-17,25,28H,18-24H2,1-4H3,(H,41,42). The normalized spacial score (nSPS) is 15.1. The van der Waals surface area contributed by atoms with E-state index in [0.29, 0.717) is 37.0 Å². The molecule has 4 aromatic rings. The SMILES string of the molecule is CC(COC(=O)N1CCC(n2c(=O)n(C(=O)O)c3cccc(C(C)(C)C)c32)CC1)N(Cc1ccccc1)Cc1ccccc1. The highest BCUT2D eigenvalue weighted by Gasteiger charge is 2.32. The van der Waals surface area contributed by atoms with Crippen molar-refractivity contribution in [3.8, 4) is 0 Å². The first-order chi connectivity index (χ1) is 21.0. The van der Waals surface area contributed by atoms with Gasteiger partial charge < -0.3 is 14.7 Å². The third kappa shape index (κ3) is 6.73. The number of likely N-dealkylation sites (tertiary alicyclic amines) is 1. The summed E-state index contributed by atoms with van der Waals surface area (Å²) in [5.74, 6) is 0. The fraction of sp³-hybridized carbons (Fsp3) is 0.400. The Bertz CT molecular complexity index is 1610. The van der Waals surface area contributed by atoms with Gasteiger partial charge in [-0.15, -0.1) is 0 Å². The van der Waals surface area contributed by atoms with E-state index in [9.17, 15) is 19.5 Å². The van der Waals surface area contributed by atoms with Gasteiger partial charge in [-0.25, -0.2) is 14.4 Å². The number of imidazole rings is 1. The number of ether oxygens (including phenoxy) is 1. The molecule has 5 rings (SSSR count). The summed E-state index contributed by atoms with van der Waals surface area (Å²) >= 11 is 0. The number of hydrogen-bond acceptors (Lipinski definition) is 5. The molecule has 1 unspecified atom stereocenters. The molecule has 1 atom stereocenters. The van der Waals surface area contributed by atoms with E-state index in [0.717, 1.165) is 23.2 Å². The lowest BCUT2D eigenvalue weighted by molar-refractivity contribution is 0.0567. The number of amides is 1. The van der Waals surface area contributed by atoms with E-state index >= 15 is 0 Å². The van der Waals surface area contributed by atoms with Crippen molar-refractivity contribution >= 4 is 23.2 Å². The van der Waals surface area contributed by atoms with E-state index in [1.54, 1.807) is 21.6 Å². The average molecular weight is 599 g/mol. The Morgan fingerprint density at radius 1 is 0.909 bits per heavy atom. The fourth-order valence-electron chi connectivity index (χ4n) is 6.10. The topological polar surface area (TPSA) is 97.0 Å². The second kappa shape index (κ2) is 13.1. The molecule has 0 saturated carbocycles. The number of nitrogens with zero attached hydrogens (tertiary/aromatic N) is 4. The Labute approximate surface area is 258 Å². The van der Waals surface area contributed by atoms with Crippen molar-refractivity contribution in [3.05, 3.63) is 106 Å². The zero-order valence-electron chi connectivity index (χ0n) is 26.0. The van der Waals surface area contributed by atoms with Crippen LogP contribution in [0.15, 0.2) is 83.7 Å². The molecule has 1 aliphatic rings. The van der Waals surface area contributed by atoms with Gasteiger partial charge in [0, 0.05) is 38.3 Å². The first-order valence-electron chi connectivity index (χ1n) is 15.3. The second-order valence-electron chi connectivity index (χ2n) is 12.7. The van der Waals surface area contributed by atoms with Gasteiger partial charge in [0.25, 0.3) is 0 Å². The van der Waals surface area contributed by atoms with Crippen molar-refractivity contribution in [2.45, 2.75) is 71.1 Å². The van der Waals surface area contributed by atoms with Crippen molar-refractivity contribution in [2.24, 2.45) is 0 Å². The van der Waals surface area contributed by atoms with Crippen molar-refractivity contribution in [3.63, 3.8) is 0 Å². The summed E-state index contributed by atoms with van der Waals surface area (Å²) in [7, 11) is 0. The molecular formula is C35H42N4O5. The van der Waals surface area contributed by atoms with Gasteiger partial charge in [0.1, 0.15) is 6.61 Å². The zero-order valence-corrected chi connectivity index (χ0v) is 26.0. The molecule has 1 aliphatic heterocycles. The van der Waals surface area contributed by atoms with Crippen LogP contribution in [-0.2, 0) is 23.2 Å². The van der Waals surface area contributed by atoms with E-state index in [1.807, 2.05) is 42.5 Å². The Morgan fingerprint density at radius 2 is 1.48 bits per heavy atom. The predicted molar refractivity (Wildman–Crippen MR) is 171 cm³/mol. The number of hydrogen-bond donors (Lipinski definition) is 1. The Hall–Kier alpha value is -4.37. The van der Waals surface area contributed by atoms with Crippen LogP contribution < -0.4 is 5.69 Å². The minimum absolute atomic E-state index is 0.0200. The molecule has 9 nitrogen and oxygen atoms in total. The molecule has 0 aliphatic carbocycles. The molecule has 1 N–H and O–H groups in total. The number of carbonyl (C=O) groups excluding carboxylic acids is 1. The Morgan fingerprint density at radius 3 is 2.00 bits per heavy atom. The monoisotopic (exact) mass is 598 g/mol. The van der Waals surface area contributed by atoms with Gasteiger partial charge in [0.05, 0.1) is 11.0 Å². The molecule has 44 heavy (non-hydrogen) atoms. The first-order valence-corrected chi connectivity index (χ1v) is 15.3. The van der Waals surface area contributed by atoms with Gasteiger partial charge in [0.15, 0.2) is 0 Å². The number of fused-ring (bicyclic) bond motifs is 1. The van der Waals surface area contributed by atoms with Crippen LogP contribution in [-0.4, -0.2) is 62.0 Å². The van der Waals surface area contributed by atoms with Crippen molar-refractivity contribution < 1.29 is 19.4 Å². The van der Waals surface area contributed by atoms with E-state index in [-0.39, 0.29) is 30.2 Å². The molecule has 9 heteroatoms. The lowest BCUT2D eigenvalue weighted by atomic mass is 9.86. The summed E-state index contributed by atoms with van der Waals surface area (Å²) in [6, 6.07) is 25.7. The quantitative estimate of drug-likeness (QED) is 0.249. The highest BCUT2D eigenvalue weighted by Crippen LogP contribution is 2.33. The number of benzene rings is 3. The lowest BCUT2D eigenvalue weighted by Gasteiger charge is -2.34. The molecule has 1 aromatic heterocycles. The maximum atomic E-state index is 13.5. The minimum atomic E-state index is -1.30. The van der Waals surface area contributed by atoms with Gasteiger partial charge in [-0.2, -0.15) is 4.57 Å².